The number of thioether (sulfide) groups is 1. The molecular weight excluding hydrogens is 346 g/mol. The molecule has 0 saturated carbocycles. The number of amides is 1. The van der Waals surface area contributed by atoms with Gasteiger partial charge in [-0.15, -0.1) is 11.3 Å². The second kappa shape index (κ2) is 6.51. The molecule has 100 valence electrons. The van der Waals surface area contributed by atoms with E-state index in [1.54, 1.807) is 35.2 Å². The molecule has 0 aliphatic carbocycles. The first-order chi connectivity index (χ1) is 9.10. The van der Waals surface area contributed by atoms with Crippen molar-refractivity contribution in [2.45, 2.75) is 17.0 Å². The summed E-state index contributed by atoms with van der Waals surface area (Å²) >= 11 is 6.80. The van der Waals surface area contributed by atoms with Crippen LogP contribution in [0.3, 0.4) is 0 Å². The average molecular weight is 358 g/mol. The van der Waals surface area contributed by atoms with Crippen LogP contribution < -0.4 is 11.3 Å². The van der Waals surface area contributed by atoms with Gasteiger partial charge < -0.3 is 0 Å². The fraction of sp³-hybridized carbons (Fsp3) is 0.167. The van der Waals surface area contributed by atoms with Crippen molar-refractivity contribution >= 4 is 44.9 Å². The molecule has 0 atom stereocenters. The minimum Gasteiger partial charge on any atom is -0.290 e. The van der Waals surface area contributed by atoms with E-state index in [4.69, 9.17) is 5.84 Å². The number of rotatable bonds is 4. The number of nitrogens with one attached hydrogen (secondary N) is 1. The predicted octanol–water partition coefficient (Wildman–Crippen LogP) is 3.11. The van der Waals surface area contributed by atoms with E-state index in [1.165, 1.54) is 0 Å². The highest BCUT2D eigenvalue weighted by molar-refractivity contribution is 9.10. The zero-order valence-electron chi connectivity index (χ0n) is 10.1. The van der Waals surface area contributed by atoms with Gasteiger partial charge in [0.2, 0.25) is 0 Å². The highest BCUT2D eigenvalue weighted by atomic mass is 79.9. The van der Waals surface area contributed by atoms with Gasteiger partial charge in [0.15, 0.2) is 0 Å². The van der Waals surface area contributed by atoms with Crippen molar-refractivity contribution < 1.29 is 4.79 Å². The van der Waals surface area contributed by atoms with Crippen LogP contribution >= 0.6 is 39.0 Å². The van der Waals surface area contributed by atoms with Crippen molar-refractivity contribution in [3.63, 3.8) is 0 Å². The number of carbonyl (C=O) groups excluding carboxylic acids is 1. The van der Waals surface area contributed by atoms with Crippen LogP contribution in [0.4, 0.5) is 0 Å². The normalized spacial score (nSPS) is 10.5. The molecule has 1 amide bonds. The first kappa shape index (κ1) is 14.5. The van der Waals surface area contributed by atoms with Gasteiger partial charge in [0.25, 0.3) is 5.91 Å². The second-order valence-corrected chi connectivity index (χ2v) is 6.76. The summed E-state index contributed by atoms with van der Waals surface area (Å²) in [7, 11) is 0. The Kier molecular flexibility index (Phi) is 4.98. The van der Waals surface area contributed by atoms with Crippen molar-refractivity contribution in [1.29, 1.82) is 0 Å². The smallest absolute Gasteiger partial charge is 0.265 e. The first-order valence-corrected chi connectivity index (χ1v) is 8.10. The number of hydrogen-bond acceptors (Lipinski definition) is 5. The molecule has 0 radical (unpaired) electrons. The Balaban J connectivity index is 2.07. The third kappa shape index (κ3) is 3.79. The largest absolute Gasteiger partial charge is 0.290 e. The van der Waals surface area contributed by atoms with Crippen LogP contribution in [0.25, 0.3) is 0 Å². The number of thiazole rings is 1. The number of halogens is 1. The van der Waals surface area contributed by atoms with E-state index >= 15 is 0 Å². The van der Waals surface area contributed by atoms with Crippen LogP contribution in [0.5, 0.6) is 0 Å². The zero-order chi connectivity index (χ0) is 13.8. The lowest BCUT2D eigenvalue weighted by Gasteiger charge is -2.05. The number of carbonyl (C=O) groups is 1. The minimum atomic E-state index is -0.296. The molecule has 0 bridgehead atoms. The van der Waals surface area contributed by atoms with E-state index in [9.17, 15) is 4.79 Å². The molecule has 0 fully saturated rings. The van der Waals surface area contributed by atoms with Crippen LogP contribution in [-0.4, -0.2) is 10.9 Å². The highest BCUT2D eigenvalue weighted by Gasteiger charge is 2.08. The van der Waals surface area contributed by atoms with Crippen molar-refractivity contribution in [3.05, 3.63) is 44.9 Å². The molecule has 1 heterocycles. The quantitative estimate of drug-likeness (QED) is 0.381. The lowest BCUT2D eigenvalue weighted by Crippen LogP contribution is -2.29. The Bertz CT molecular complexity index is 600. The van der Waals surface area contributed by atoms with Crippen LogP contribution in [-0.2, 0) is 5.75 Å². The molecule has 0 spiro atoms. The Morgan fingerprint density at radius 3 is 2.95 bits per heavy atom. The fourth-order valence-electron chi connectivity index (χ4n) is 1.43. The van der Waals surface area contributed by atoms with E-state index < -0.39 is 0 Å². The molecule has 1 aromatic heterocycles. The number of aromatic nitrogens is 1. The number of aryl methyl sites for hydroxylation is 1. The third-order valence-electron chi connectivity index (χ3n) is 2.40. The van der Waals surface area contributed by atoms with Gasteiger partial charge in [-0.1, -0.05) is 33.8 Å². The Labute approximate surface area is 127 Å². The maximum atomic E-state index is 11.4. The highest BCUT2D eigenvalue weighted by Crippen LogP contribution is 2.29. The van der Waals surface area contributed by atoms with E-state index in [1.807, 2.05) is 18.4 Å². The molecule has 0 aliphatic heterocycles. The monoisotopic (exact) mass is 357 g/mol. The SMILES string of the molecule is Cc1csc(SCc2ccc(C(=O)NN)cc2Br)n1. The van der Waals surface area contributed by atoms with E-state index in [-0.39, 0.29) is 5.91 Å². The van der Waals surface area contributed by atoms with Crippen molar-refractivity contribution in [2.24, 2.45) is 5.84 Å². The Hall–Kier alpha value is -0.890. The van der Waals surface area contributed by atoms with Gasteiger partial charge in [-0.25, -0.2) is 10.8 Å². The molecule has 0 unspecified atom stereocenters. The number of benzene rings is 1. The maximum absolute atomic E-state index is 11.4. The topological polar surface area (TPSA) is 68.0 Å². The summed E-state index contributed by atoms with van der Waals surface area (Å²) in [6.07, 6.45) is 0. The van der Waals surface area contributed by atoms with Crippen LogP contribution in [0, 0.1) is 6.92 Å². The maximum Gasteiger partial charge on any atom is 0.265 e. The average Bonchev–Trinajstić information content (AvgIpc) is 2.82. The Morgan fingerprint density at radius 1 is 1.58 bits per heavy atom. The van der Waals surface area contributed by atoms with Gasteiger partial charge in [0, 0.05) is 26.9 Å². The van der Waals surface area contributed by atoms with Crippen molar-refractivity contribution in [1.82, 2.24) is 10.4 Å². The predicted molar refractivity (Wildman–Crippen MR) is 82.2 cm³/mol. The number of hydrazine groups is 1. The van der Waals surface area contributed by atoms with Gasteiger partial charge in [0.1, 0.15) is 4.34 Å². The van der Waals surface area contributed by atoms with E-state index in [2.05, 4.69) is 26.3 Å². The van der Waals surface area contributed by atoms with Crippen molar-refractivity contribution in [3.8, 4) is 0 Å². The van der Waals surface area contributed by atoms with Gasteiger partial charge in [0.05, 0.1) is 0 Å². The van der Waals surface area contributed by atoms with Crippen LogP contribution in [0.1, 0.15) is 21.6 Å². The molecule has 0 aliphatic rings. The van der Waals surface area contributed by atoms with Crippen molar-refractivity contribution in [2.75, 3.05) is 0 Å². The summed E-state index contributed by atoms with van der Waals surface area (Å²) in [6, 6.07) is 5.45. The molecule has 3 N–H and O–H groups in total. The summed E-state index contributed by atoms with van der Waals surface area (Å²) in [5.41, 5.74) is 4.81. The molecule has 2 aromatic rings. The van der Waals surface area contributed by atoms with Gasteiger partial charge >= 0.3 is 0 Å². The number of hydrogen-bond donors (Lipinski definition) is 2. The summed E-state index contributed by atoms with van der Waals surface area (Å²) in [6.45, 7) is 1.98. The molecule has 0 saturated heterocycles. The Morgan fingerprint density at radius 2 is 2.37 bits per heavy atom. The van der Waals surface area contributed by atoms with Gasteiger partial charge in [-0.3, -0.25) is 10.2 Å². The first-order valence-electron chi connectivity index (χ1n) is 5.44. The van der Waals surface area contributed by atoms with Crippen LogP contribution in [0.15, 0.2) is 32.4 Å². The standard InChI is InChI=1S/C12H12BrN3OS2/c1-7-5-18-12(15-7)19-6-9-3-2-8(4-10(9)13)11(17)16-14/h2-5H,6,14H2,1H3,(H,16,17). The molecule has 19 heavy (non-hydrogen) atoms. The summed E-state index contributed by atoms with van der Waals surface area (Å²) in [5.74, 6) is 5.61. The van der Waals surface area contributed by atoms with E-state index in [0.717, 1.165) is 25.8 Å². The zero-order valence-corrected chi connectivity index (χ0v) is 13.4. The molecule has 1 aromatic carbocycles. The van der Waals surface area contributed by atoms with Gasteiger partial charge in [-0.05, 0) is 24.6 Å². The lowest BCUT2D eigenvalue weighted by molar-refractivity contribution is 0.0953. The summed E-state index contributed by atoms with van der Waals surface area (Å²) in [4.78, 5) is 15.8. The number of nitrogen functional groups attached to an aromatic ring is 1. The molecular formula is C12H12BrN3OS2. The molecule has 7 heteroatoms. The number of nitrogens with two attached hydrogens (primary N) is 1. The van der Waals surface area contributed by atoms with Crippen LogP contribution in [0.2, 0.25) is 0 Å². The number of nitrogens with zero attached hydrogens (tertiary/aromatic N) is 1. The third-order valence-corrected chi connectivity index (χ3v) is 5.32. The molecule has 2 rings (SSSR count). The van der Waals surface area contributed by atoms with Gasteiger partial charge in [-0.2, -0.15) is 0 Å². The molecule has 4 nitrogen and oxygen atoms in total. The fourth-order valence-corrected chi connectivity index (χ4v) is 3.98. The van der Waals surface area contributed by atoms with E-state index in [0.29, 0.717) is 5.56 Å². The summed E-state index contributed by atoms with van der Waals surface area (Å²) < 4.78 is 1.95. The summed E-state index contributed by atoms with van der Waals surface area (Å²) in [5, 5.41) is 2.03. The minimum absolute atomic E-state index is 0.296. The second-order valence-electron chi connectivity index (χ2n) is 3.82. The lowest BCUT2D eigenvalue weighted by atomic mass is 10.1.